The van der Waals surface area contributed by atoms with E-state index in [0.717, 1.165) is 18.4 Å². The smallest absolute Gasteiger partial charge is 0.229 e. The number of thiocarbonyl (C=S) groups is 1. The van der Waals surface area contributed by atoms with Gasteiger partial charge in [0.05, 0.1) is 5.75 Å². The molecule has 168 valence electrons. The van der Waals surface area contributed by atoms with Crippen molar-refractivity contribution in [3.05, 3.63) is 65.0 Å². The van der Waals surface area contributed by atoms with Crippen molar-refractivity contribution < 1.29 is 32.2 Å². The van der Waals surface area contributed by atoms with Crippen LogP contribution in [0.5, 0.6) is 0 Å². The van der Waals surface area contributed by atoms with Gasteiger partial charge in [-0.3, -0.25) is 0 Å². The zero-order chi connectivity index (χ0) is 22.9. The predicted octanol–water partition coefficient (Wildman–Crippen LogP) is 6.96. The summed E-state index contributed by atoms with van der Waals surface area (Å²) in [5, 5.41) is 0. The van der Waals surface area contributed by atoms with Crippen molar-refractivity contribution in [1.82, 2.24) is 0 Å². The number of hydrogen-bond acceptors (Lipinski definition) is 3. The van der Waals surface area contributed by atoms with Crippen LogP contribution < -0.4 is 0 Å². The van der Waals surface area contributed by atoms with E-state index in [1.807, 2.05) is 0 Å². The highest BCUT2D eigenvalue weighted by molar-refractivity contribution is 8.45. The first-order valence-corrected chi connectivity index (χ1v) is 13.1. The van der Waals surface area contributed by atoms with E-state index in [1.165, 1.54) is 12.1 Å². The van der Waals surface area contributed by atoms with Gasteiger partial charge in [0.25, 0.3) is 0 Å². The first-order chi connectivity index (χ1) is 13.4. The fourth-order valence-corrected chi connectivity index (χ4v) is 4.41. The van der Waals surface area contributed by atoms with Crippen LogP contribution in [0.15, 0.2) is 47.4 Å². The van der Waals surface area contributed by atoms with Crippen LogP contribution in [0, 0.1) is 5.82 Å². The van der Waals surface area contributed by atoms with E-state index in [-0.39, 0.29) is 5.56 Å². The van der Waals surface area contributed by atoms with Crippen LogP contribution in [-0.2, 0) is 28.4 Å². The van der Waals surface area contributed by atoms with Gasteiger partial charge in [-0.05, 0) is 59.9 Å². The molecule has 0 aliphatic carbocycles. The Morgan fingerprint density at radius 3 is 1.87 bits per heavy atom. The third kappa shape index (κ3) is 7.92. The van der Waals surface area contributed by atoms with Gasteiger partial charge in [0, 0.05) is 11.8 Å². The van der Waals surface area contributed by atoms with Crippen molar-refractivity contribution in [1.29, 1.82) is 0 Å². The van der Waals surface area contributed by atoms with Crippen LogP contribution in [0.4, 0.5) is 23.8 Å². The maximum atomic E-state index is 14.0. The fourth-order valence-electron chi connectivity index (χ4n) is 2.75. The van der Waals surface area contributed by atoms with Gasteiger partial charge in [-0.1, -0.05) is 55.9 Å². The summed E-state index contributed by atoms with van der Waals surface area (Å²) < 4.78 is 100. The summed E-state index contributed by atoms with van der Waals surface area (Å²) in [4.78, 5) is -1.32. The van der Waals surface area contributed by atoms with Crippen LogP contribution in [0.1, 0.15) is 29.5 Å². The van der Waals surface area contributed by atoms with E-state index in [9.17, 15) is 32.2 Å². The minimum Gasteiger partial charge on any atom is -0.229 e. The van der Waals surface area contributed by atoms with Crippen molar-refractivity contribution in [2.24, 2.45) is 0 Å². The molecule has 2 aromatic rings. The van der Waals surface area contributed by atoms with E-state index in [1.54, 1.807) is 6.07 Å². The van der Waals surface area contributed by atoms with E-state index in [0.29, 0.717) is 53.8 Å². The molecule has 0 fully saturated rings. The summed E-state index contributed by atoms with van der Waals surface area (Å²) in [7, 11) is -13.0. The first-order valence-electron chi connectivity index (χ1n) is 8.73. The number of benzene rings is 2. The second kappa shape index (κ2) is 7.83. The number of sulfone groups is 1. The molecule has 0 amide bonds. The van der Waals surface area contributed by atoms with Crippen molar-refractivity contribution in [3.8, 4) is 0 Å². The molecule has 0 unspecified atom stereocenters. The average molecular weight is 491 g/mol. The van der Waals surface area contributed by atoms with E-state index in [2.05, 4.69) is 0 Å². The Balaban J connectivity index is 1.89. The highest BCUT2D eigenvalue weighted by Gasteiger charge is 2.65. The van der Waals surface area contributed by atoms with E-state index < -0.39 is 36.5 Å². The van der Waals surface area contributed by atoms with Crippen molar-refractivity contribution in [3.63, 3.8) is 0 Å². The molecule has 0 atom stereocenters. The predicted molar refractivity (Wildman–Crippen MR) is 112 cm³/mol. The van der Waals surface area contributed by atoms with Gasteiger partial charge in [-0.15, -0.1) is 0 Å². The first kappa shape index (κ1) is 24.7. The normalized spacial score (nSPS) is 14.8. The molecule has 0 spiro atoms. The minimum atomic E-state index is -9.67. The van der Waals surface area contributed by atoms with Gasteiger partial charge in [0.1, 0.15) is 10.7 Å². The number of rotatable bonds is 9. The van der Waals surface area contributed by atoms with E-state index in [4.69, 9.17) is 12.2 Å². The van der Waals surface area contributed by atoms with Gasteiger partial charge in [0.15, 0.2) is 9.84 Å². The van der Waals surface area contributed by atoms with Crippen LogP contribution in [0.3, 0.4) is 0 Å². The Morgan fingerprint density at radius 1 is 0.900 bits per heavy atom. The SMILES string of the molecule is CS(=O)(=O)Cc1ccc(CCC(=S)CCc2ccc(S(F)(F)(F)(F)F)cc2)cc1F. The average Bonchev–Trinajstić information content (AvgIpc) is 2.57. The molecule has 0 N–H and O–H groups in total. The van der Waals surface area contributed by atoms with Crippen molar-refractivity contribution in [2.75, 3.05) is 6.26 Å². The molecule has 0 heterocycles. The maximum absolute atomic E-state index is 14.0. The monoisotopic (exact) mass is 490 g/mol. The molecule has 30 heavy (non-hydrogen) atoms. The lowest BCUT2D eigenvalue weighted by atomic mass is 10.0. The minimum absolute atomic E-state index is 0.0823. The van der Waals surface area contributed by atoms with E-state index >= 15 is 0 Å². The summed E-state index contributed by atoms with van der Waals surface area (Å²) in [6.07, 6.45) is 2.50. The summed E-state index contributed by atoms with van der Waals surface area (Å²) in [5.41, 5.74) is 1.16. The summed E-state index contributed by atoms with van der Waals surface area (Å²) in [6, 6.07) is 7.04. The Hall–Kier alpha value is -1.59. The highest BCUT2D eigenvalue weighted by Crippen LogP contribution is 3.02. The molecule has 11 heteroatoms. The topological polar surface area (TPSA) is 34.1 Å². The Morgan fingerprint density at radius 2 is 1.40 bits per heavy atom. The van der Waals surface area contributed by atoms with Crippen molar-refractivity contribution in [2.45, 2.75) is 36.3 Å². The molecule has 0 radical (unpaired) electrons. The molecule has 0 aliphatic heterocycles. The molecule has 0 aliphatic rings. The Labute approximate surface area is 176 Å². The van der Waals surface area contributed by atoms with Crippen molar-refractivity contribution >= 4 is 37.1 Å². The molecule has 0 saturated carbocycles. The lowest BCUT2D eigenvalue weighted by Gasteiger charge is -2.40. The number of hydrogen-bond donors (Lipinski definition) is 0. The number of aryl methyl sites for hydroxylation is 2. The molecule has 2 aromatic carbocycles. The second-order valence-electron chi connectivity index (χ2n) is 7.15. The van der Waals surface area contributed by atoms with Gasteiger partial charge in [-0.25, -0.2) is 12.8 Å². The third-order valence-electron chi connectivity index (χ3n) is 4.29. The summed E-state index contributed by atoms with van der Waals surface area (Å²) in [5.74, 6) is -1.01. The standard InChI is InChI=1S/C19H20F6O2S3/c1-29(26,27)13-16-7-2-15(12-19(16)20)4-9-17(28)8-3-14-5-10-18(11-6-14)30(21,22,23,24)25/h2,5-7,10-12H,3-4,8-9,13H2,1H3. The number of halogens is 6. The molecular formula is C19H20F6O2S3. The Kier molecular flexibility index (Phi) is 6.44. The van der Waals surface area contributed by atoms with Gasteiger partial charge >= 0.3 is 10.2 Å². The quantitative estimate of drug-likeness (QED) is 0.281. The molecule has 0 aromatic heterocycles. The highest BCUT2D eigenvalue weighted by atomic mass is 32.5. The van der Waals surface area contributed by atoms with Crippen LogP contribution in [-0.4, -0.2) is 19.5 Å². The largest absolute Gasteiger partial charge is 0.310 e. The molecule has 2 rings (SSSR count). The van der Waals surface area contributed by atoms with Gasteiger partial charge < -0.3 is 0 Å². The lowest BCUT2D eigenvalue weighted by molar-refractivity contribution is 0.364. The third-order valence-corrected chi connectivity index (χ3v) is 6.70. The van der Waals surface area contributed by atoms with Crippen LogP contribution in [0.25, 0.3) is 0 Å². The summed E-state index contributed by atoms with van der Waals surface area (Å²) in [6.45, 7) is 0. The molecular weight excluding hydrogens is 470 g/mol. The van der Waals surface area contributed by atoms with Gasteiger partial charge in [0.2, 0.25) is 0 Å². The van der Waals surface area contributed by atoms with Crippen LogP contribution >= 0.6 is 22.4 Å². The fraction of sp³-hybridized carbons (Fsp3) is 0.316. The second-order valence-corrected chi connectivity index (χ2v) is 12.3. The van der Waals surface area contributed by atoms with Crippen LogP contribution in [0.2, 0.25) is 0 Å². The Bertz CT molecular complexity index is 1050. The maximum Gasteiger partial charge on any atom is 0.310 e. The molecule has 0 bridgehead atoms. The molecule has 2 nitrogen and oxygen atoms in total. The zero-order valence-corrected chi connectivity index (χ0v) is 18.3. The van der Waals surface area contributed by atoms with Gasteiger partial charge in [-0.2, -0.15) is 0 Å². The molecule has 0 saturated heterocycles. The zero-order valence-electron chi connectivity index (χ0n) is 15.9. The lowest BCUT2D eigenvalue weighted by Crippen LogP contribution is -2.06. The summed E-state index contributed by atoms with van der Waals surface area (Å²) >= 11 is 5.24.